The molecule has 0 fully saturated rings. The van der Waals surface area contributed by atoms with Crippen LogP contribution < -0.4 is 10.6 Å². The molecule has 0 saturated carbocycles. The highest BCUT2D eigenvalue weighted by Gasteiger charge is 2.16. The number of hydrogen-bond donors (Lipinski definition) is 2. The zero-order chi connectivity index (χ0) is 22.1. The summed E-state index contributed by atoms with van der Waals surface area (Å²) in [5.74, 6) is -1.38. The van der Waals surface area contributed by atoms with Gasteiger partial charge in [-0.05, 0) is 28.5 Å². The first-order chi connectivity index (χ1) is 15.1. The van der Waals surface area contributed by atoms with Gasteiger partial charge in [-0.1, -0.05) is 54.6 Å². The molecule has 31 heavy (non-hydrogen) atoms. The minimum absolute atomic E-state index is 0.159. The first-order valence-electron chi connectivity index (χ1n) is 9.87. The summed E-state index contributed by atoms with van der Waals surface area (Å²) in [5, 5.41) is 7.41. The normalized spacial score (nSPS) is 10.5. The number of anilines is 1. The van der Waals surface area contributed by atoms with Crippen molar-refractivity contribution in [1.29, 1.82) is 0 Å². The molecule has 7 nitrogen and oxygen atoms in total. The van der Waals surface area contributed by atoms with Crippen molar-refractivity contribution in [3.8, 4) is 0 Å². The van der Waals surface area contributed by atoms with Crippen LogP contribution in [0.15, 0.2) is 66.7 Å². The Bertz CT molecular complexity index is 1080. The third-order valence-electron chi connectivity index (χ3n) is 4.61. The van der Waals surface area contributed by atoms with Crippen LogP contribution in [0, 0.1) is 0 Å². The van der Waals surface area contributed by atoms with Crippen molar-refractivity contribution in [3.63, 3.8) is 0 Å². The molecule has 0 aromatic heterocycles. The van der Waals surface area contributed by atoms with Crippen molar-refractivity contribution in [3.05, 3.63) is 77.9 Å². The number of benzene rings is 3. The first-order valence-corrected chi connectivity index (χ1v) is 9.87. The Hall–Kier alpha value is -3.71. The van der Waals surface area contributed by atoms with Crippen molar-refractivity contribution in [2.24, 2.45) is 0 Å². The maximum atomic E-state index is 12.7. The molecule has 2 N–H and O–H groups in total. The molecule has 0 unspecified atom stereocenters. The quantitative estimate of drug-likeness (QED) is 0.410. The summed E-state index contributed by atoms with van der Waals surface area (Å²) in [6.07, 6.45) is 0.159. The van der Waals surface area contributed by atoms with E-state index in [-0.39, 0.29) is 17.9 Å². The van der Waals surface area contributed by atoms with Gasteiger partial charge in [0.1, 0.15) is 0 Å². The lowest BCUT2D eigenvalue weighted by molar-refractivity contribution is -0.124. The molecule has 3 aromatic rings. The van der Waals surface area contributed by atoms with Crippen molar-refractivity contribution < 1.29 is 23.9 Å². The summed E-state index contributed by atoms with van der Waals surface area (Å²) >= 11 is 0. The van der Waals surface area contributed by atoms with E-state index in [0.29, 0.717) is 18.8 Å². The van der Waals surface area contributed by atoms with E-state index >= 15 is 0 Å². The summed E-state index contributed by atoms with van der Waals surface area (Å²) in [5.41, 5.74) is 1.40. The van der Waals surface area contributed by atoms with Gasteiger partial charge in [0.2, 0.25) is 5.91 Å². The average molecular weight is 420 g/mol. The van der Waals surface area contributed by atoms with E-state index in [1.54, 1.807) is 24.3 Å². The summed E-state index contributed by atoms with van der Waals surface area (Å²) in [6, 6.07) is 20.2. The Kier molecular flexibility index (Phi) is 7.73. The minimum Gasteiger partial charge on any atom is -0.452 e. The fourth-order valence-corrected chi connectivity index (χ4v) is 3.14. The number of carbonyl (C=O) groups is 3. The summed E-state index contributed by atoms with van der Waals surface area (Å²) in [4.78, 5) is 36.8. The maximum absolute atomic E-state index is 12.7. The molecule has 7 heteroatoms. The molecule has 0 aliphatic rings. The zero-order valence-corrected chi connectivity index (χ0v) is 17.2. The van der Waals surface area contributed by atoms with Crippen LogP contribution in [0.1, 0.15) is 15.9 Å². The Morgan fingerprint density at radius 2 is 1.61 bits per heavy atom. The van der Waals surface area contributed by atoms with E-state index in [1.807, 2.05) is 42.5 Å². The fraction of sp³-hybridized carbons (Fsp3) is 0.208. The van der Waals surface area contributed by atoms with Crippen LogP contribution in [-0.2, 0) is 25.5 Å². The predicted octanol–water partition coefficient (Wildman–Crippen LogP) is 2.94. The number of hydrogen-bond acceptors (Lipinski definition) is 5. The van der Waals surface area contributed by atoms with Crippen molar-refractivity contribution in [1.82, 2.24) is 5.32 Å². The van der Waals surface area contributed by atoms with E-state index in [2.05, 4.69) is 10.6 Å². The number of fused-ring (bicyclic) bond motifs is 1. The van der Waals surface area contributed by atoms with Crippen LogP contribution in [0.25, 0.3) is 10.8 Å². The number of para-hydroxylation sites is 1. The molecule has 160 valence electrons. The number of amides is 2. The molecule has 0 radical (unpaired) electrons. The third kappa shape index (κ3) is 6.13. The van der Waals surface area contributed by atoms with Crippen LogP contribution in [0.5, 0.6) is 0 Å². The SMILES string of the molecule is COCCNC(=O)COC(=O)c1ccccc1NC(=O)Cc1cccc2ccccc12. The summed E-state index contributed by atoms with van der Waals surface area (Å²) in [7, 11) is 1.53. The molecule has 0 heterocycles. The average Bonchev–Trinajstić information content (AvgIpc) is 2.78. The van der Waals surface area contributed by atoms with Crippen LogP contribution in [0.3, 0.4) is 0 Å². The van der Waals surface area contributed by atoms with Gasteiger partial charge in [0, 0.05) is 13.7 Å². The predicted molar refractivity (Wildman–Crippen MR) is 118 cm³/mol. The summed E-state index contributed by atoms with van der Waals surface area (Å²) in [6.45, 7) is 0.278. The second-order valence-corrected chi connectivity index (χ2v) is 6.83. The highest BCUT2D eigenvalue weighted by molar-refractivity contribution is 6.03. The fourth-order valence-electron chi connectivity index (χ4n) is 3.14. The standard InChI is InChI=1S/C24H24N2O5/c1-30-14-13-25-23(28)16-31-24(29)20-11-4-5-12-21(20)26-22(27)15-18-9-6-8-17-7-2-3-10-19(17)18/h2-12H,13-16H2,1H3,(H,25,28)(H,26,27). The Morgan fingerprint density at radius 3 is 2.45 bits per heavy atom. The van der Waals surface area contributed by atoms with Gasteiger partial charge < -0.3 is 20.1 Å². The molecule has 0 aliphatic carbocycles. The van der Waals surface area contributed by atoms with Gasteiger partial charge in [0.05, 0.1) is 24.3 Å². The molecule has 0 bridgehead atoms. The number of nitrogens with one attached hydrogen (secondary N) is 2. The van der Waals surface area contributed by atoms with E-state index < -0.39 is 18.5 Å². The van der Waals surface area contributed by atoms with Gasteiger partial charge in [-0.25, -0.2) is 4.79 Å². The number of methoxy groups -OCH3 is 1. The maximum Gasteiger partial charge on any atom is 0.340 e. The number of rotatable bonds is 9. The molecule has 0 atom stereocenters. The van der Waals surface area contributed by atoms with Crippen molar-refractivity contribution in [2.75, 3.05) is 32.2 Å². The molecule has 3 aromatic carbocycles. The largest absolute Gasteiger partial charge is 0.452 e. The smallest absolute Gasteiger partial charge is 0.340 e. The number of ether oxygens (including phenoxy) is 2. The Balaban J connectivity index is 1.64. The molecule has 3 rings (SSSR count). The second-order valence-electron chi connectivity index (χ2n) is 6.83. The second kappa shape index (κ2) is 10.9. The van der Waals surface area contributed by atoms with Gasteiger partial charge in [-0.15, -0.1) is 0 Å². The van der Waals surface area contributed by atoms with Gasteiger partial charge in [0.15, 0.2) is 6.61 Å². The lowest BCUT2D eigenvalue weighted by atomic mass is 10.0. The molecule has 2 amide bonds. The van der Waals surface area contributed by atoms with Crippen molar-refractivity contribution in [2.45, 2.75) is 6.42 Å². The van der Waals surface area contributed by atoms with Crippen LogP contribution in [0.2, 0.25) is 0 Å². The first kappa shape index (κ1) is 22.0. The Labute approximate surface area is 180 Å². The molecule has 0 spiro atoms. The van der Waals surface area contributed by atoms with E-state index in [1.165, 1.54) is 7.11 Å². The molecule has 0 saturated heterocycles. The molecular formula is C24H24N2O5. The lowest BCUT2D eigenvalue weighted by Gasteiger charge is -2.12. The monoisotopic (exact) mass is 420 g/mol. The van der Waals surface area contributed by atoms with Gasteiger partial charge in [0.25, 0.3) is 5.91 Å². The van der Waals surface area contributed by atoms with Gasteiger partial charge in [-0.3, -0.25) is 9.59 Å². The number of carbonyl (C=O) groups excluding carboxylic acids is 3. The Morgan fingerprint density at radius 1 is 0.871 bits per heavy atom. The van der Waals surface area contributed by atoms with E-state index in [4.69, 9.17) is 9.47 Å². The van der Waals surface area contributed by atoms with Gasteiger partial charge in [-0.2, -0.15) is 0 Å². The summed E-state index contributed by atoms with van der Waals surface area (Å²) < 4.78 is 9.92. The lowest BCUT2D eigenvalue weighted by Crippen LogP contribution is -2.31. The highest BCUT2D eigenvalue weighted by Crippen LogP contribution is 2.21. The van der Waals surface area contributed by atoms with E-state index in [9.17, 15) is 14.4 Å². The van der Waals surface area contributed by atoms with Crippen LogP contribution in [-0.4, -0.2) is 44.7 Å². The van der Waals surface area contributed by atoms with Crippen LogP contribution in [0.4, 0.5) is 5.69 Å². The molecular weight excluding hydrogens is 396 g/mol. The number of esters is 1. The third-order valence-corrected chi connectivity index (χ3v) is 4.61. The van der Waals surface area contributed by atoms with Crippen molar-refractivity contribution >= 4 is 34.2 Å². The molecule has 0 aliphatic heterocycles. The minimum atomic E-state index is -0.692. The highest BCUT2D eigenvalue weighted by atomic mass is 16.5. The topological polar surface area (TPSA) is 93.7 Å². The van der Waals surface area contributed by atoms with Crippen LogP contribution >= 0.6 is 0 Å². The van der Waals surface area contributed by atoms with Gasteiger partial charge >= 0.3 is 5.97 Å². The van der Waals surface area contributed by atoms with E-state index in [0.717, 1.165) is 16.3 Å². The zero-order valence-electron chi connectivity index (χ0n) is 17.2.